The number of hydrogen-bond donors (Lipinski definition) is 1. The number of fused-ring (bicyclic) bond motifs is 2. The maximum Gasteiger partial charge on any atom is 0.253 e. The van der Waals surface area contributed by atoms with E-state index >= 15 is 0 Å². The number of aliphatic hydroxyl groups is 1. The Hall–Kier alpha value is -3.95. The molecule has 6 rings (SSSR count). The van der Waals surface area contributed by atoms with Crippen molar-refractivity contribution >= 4 is 34.8 Å². The number of rotatable bonds is 9. The quantitative estimate of drug-likeness (QED) is 0.428. The summed E-state index contributed by atoms with van der Waals surface area (Å²) in [6.45, 7) is 10.2. The molecule has 9 heteroatoms. The van der Waals surface area contributed by atoms with Crippen molar-refractivity contribution in [3.05, 3.63) is 78.9 Å². The first-order valence-electron chi connectivity index (χ1n) is 16.3. The summed E-state index contributed by atoms with van der Waals surface area (Å²) >= 11 is 0. The van der Waals surface area contributed by atoms with Gasteiger partial charge < -0.3 is 29.4 Å². The first-order valence-corrected chi connectivity index (χ1v) is 16.3. The number of benzene rings is 2. The Labute approximate surface area is 265 Å². The first kappa shape index (κ1) is 31.0. The van der Waals surface area contributed by atoms with Crippen LogP contribution in [-0.4, -0.2) is 83.8 Å². The van der Waals surface area contributed by atoms with Crippen molar-refractivity contribution in [2.24, 2.45) is 11.8 Å². The molecule has 238 valence electrons. The monoisotopic (exact) mass is 612 g/mol. The zero-order chi connectivity index (χ0) is 31.9. The lowest BCUT2D eigenvalue weighted by Gasteiger charge is -2.40. The highest BCUT2D eigenvalue weighted by atomic mass is 16.5. The zero-order valence-electron chi connectivity index (χ0n) is 26.6. The minimum atomic E-state index is -1.38. The molecular weight excluding hydrogens is 568 g/mol. The summed E-state index contributed by atoms with van der Waals surface area (Å²) in [5.74, 6) is -2.59. The summed E-state index contributed by atoms with van der Waals surface area (Å²) in [6.07, 6.45) is 8.56. The number of likely N-dealkylation sites (tertiary alicyclic amines) is 1. The number of para-hydroxylation sites is 1. The average molecular weight is 613 g/mol. The molecular formula is C36H44N4O5. The van der Waals surface area contributed by atoms with Gasteiger partial charge in [-0.15, -0.1) is 0 Å². The molecule has 2 saturated heterocycles. The van der Waals surface area contributed by atoms with Crippen molar-refractivity contribution in [1.29, 1.82) is 0 Å². The fourth-order valence-corrected chi connectivity index (χ4v) is 8.01. The van der Waals surface area contributed by atoms with Gasteiger partial charge in [0.15, 0.2) is 0 Å². The van der Waals surface area contributed by atoms with Crippen LogP contribution in [0.25, 0.3) is 0 Å². The molecule has 45 heavy (non-hydrogen) atoms. The Bertz CT molecular complexity index is 1480. The zero-order valence-corrected chi connectivity index (χ0v) is 26.6. The molecule has 1 spiro atoms. The Balaban J connectivity index is 1.46. The number of ether oxygens (including phenoxy) is 1. The first-order chi connectivity index (χ1) is 21.8. The average Bonchev–Trinajstić information content (AvgIpc) is 3.36. The second kappa shape index (κ2) is 12.1. The lowest BCUT2D eigenvalue weighted by Crippen LogP contribution is -2.59. The molecule has 2 aromatic rings. The molecule has 0 aliphatic carbocycles. The van der Waals surface area contributed by atoms with Crippen molar-refractivity contribution in [2.75, 3.05) is 47.5 Å². The second-order valence-corrected chi connectivity index (χ2v) is 12.3. The lowest BCUT2D eigenvalue weighted by molar-refractivity contribution is -0.149. The molecule has 4 heterocycles. The largest absolute Gasteiger partial charge is 0.394 e. The number of amides is 3. The molecule has 3 amide bonds. The van der Waals surface area contributed by atoms with E-state index in [0.717, 1.165) is 24.5 Å². The predicted molar refractivity (Wildman–Crippen MR) is 175 cm³/mol. The van der Waals surface area contributed by atoms with Crippen LogP contribution in [-0.2, 0) is 19.1 Å². The van der Waals surface area contributed by atoms with Gasteiger partial charge in [-0.2, -0.15) is 0 Å². The Morgan fingerprint density at radius 3 is 2.04 bits per heavy atom. The molecule has 2 fully saturated rings. The molecule has 4 aliphatic heterocycles. The minimum Gasteiger partial charge on any atom is -0.394 e. The van der Waals surface area contributed by atoms with Crippen LogP contribution in [0, 0.1) is 11.8 Å². The third kappa shape index (κ3) is 4.70. The van der Waals surface area contributed by atoms with Crippen LogP contribution in [0.15, 0.2) is 78.9 Å². The van der Waals surface area contributed by atoms with Crippen molar-refractivity contribution in [2.45, 2.75) is 63.8 Å². The number of anilines is 3. The van der Waals surface area contributed by atoms with E-state index in [1.807, 2.05) is 92.7 Å². The van der Waals surface area contributed by atoms with Gasteiger partial charge in [-0.1, -0.05) is 56.4 Å². The van der Waals surface area contributed by atoms with Crippen LogP contribution >= 0.6 is 0 Å². The summed E-state index contributed by atoms with van der Waals surface area (Å²) in [5.41, 5.74) is 0.0749. The topological polar surface area (TPSA) is 93.6 Å². The van der Waals surface area contributed by atoms with Gasteiger partial charge in [0.25, 0.3) is 5.91 Å². The van der Waals surface area contributed by atoms with Crippen LogP contribution in [0.3, 0.4) is 0 Å². The predicted octanol–water partition coefficient (Wildman–Crippen LogP) is 4.17. The van der Waals surface area contributed by atoms with Crippen LogP contribution in [0.4, 0.5) is 17.1 Å². The molecule has 0 bridgehead atoms. The van der Waals surface area contributed by atoms with Crippen LogP contribution < -0.4 is 14.7 Å². The highest BCUT2D eigenvalue weighted by Gasteiger charge is 2.76. The fourth-order valence-electron chi connectivity index (χ4n) is 8.01. The van der Waals surface area contributed by atoms with E-state index < -0.39 is 35.1 Å². The van der Waals surface area contributed by atoms with E-state index in [-0.39, 0.29) is 24.3 Å². The standard InChI is InChI=1S/C36H44N4O5/c1-5-25(24-41)40-31-34(44)39(28-18-16-26(17-19-28)37(7-3)8-4)23-13-21-36(31)30(33(40)43)29-32(42)38(27-14-10-9-11-15-27)22-12-20-35(29,6-2)45-36/h9-21,25,29-31,41H,5-8,22-24H2,1-4H3/t25-,29-,30-,31?,35+,36-/m0/s1. The highest BCUT2D eigenvalue weighted by Crippen LogP contribution is 2.59. The fraction of sp³-hybridized carbons (Fsp3) is 0.472. The molecule has 1 unspecified atom stereocenters. The van der Waals surface area contributed by atoms with Gasteiger partial charge in [-0.3, -0.25) is 14.4 Å². The number of nitrogens with zero attached hydrogens (tertiary/aromatic N) is 4. The van der Waals surface area contributed by atoms with Gasteiger partial charge in [0.1, 0.15) is 11.6 Å². The molecule has 0 radical (unpaired) electrons. The maximum atomic E-state index is 14.8. The number of carbonyl (C=O) groups is 3. The van der Waals surface area contributed by atoms with E-state index in [1.54, 1.807) is 9.80 Å². The van der Waals surface area contributed by atoms with Crippen LogP contribution in [0.2, 0.25) is 0 Å². The number of carbonyl (C=O) groups excluding carboxylic acids is 3. The normalized spacial score (nSPS) is 29.8. The lowest BCUT2D eigenvalue weighted by atomic mass is 9.73. The van der Waals surface area contributed by atoms with E-state index in [1.165, 1.54) is 4.90 Å². The second-order valence-electron chi connectivity index (χ2n) is 12.3. The van der Waals surface area contributed by atoms with Crippen LogP contribution in [0.5, 0.6) is 0 Å². The van der Waals surface area contributed by atoms with Crippen molar-refractivity contribution < 1.29 is 24.2 Å². The molecule has 1 N–H and O–H groups in total. The molecule has 2 aromatic carbocycles. The van der Waals surface area contributed by atoms with Crippen molar-refractivity contribution in [3.8, 4) is 0 Å². The Morgan fingerprint density at radius 1 is 0.822 bits per heavy atom. The smallest absolute Gasteiger partial charge is 0.253 e. The summed E-state index contributed by atoms with van der Waals surface area (Å²) in [5, 5.41) is 10.5. The molecule has 0 aromatic heterocycles. The summed E-state index contributed by atoms with van der Waals surface area (Å²) in [7, 11) is 0. The third-order valence-electron chi connectivity index (χ3n) is 10.3. The molecule has 9 nitrogen and oxygen atoms in total. The highest BCUT2D eigenvalue weighted by molar-refractivity contribution is 6.07. The third-order valence-corrected chi connectivity index (χ3v) is 10.3. The van der Waals surface area contributed by atoms with Gasteiger partial charge >= 0.3 is 0 Å². The van der Waals surface area contributed by atoms with E-state index in [4.69, 9.17) is 4.74 Å². The Kier molecular flexibility index (Phi) is 8.35. The number of aliphatic hydroxyl groups excluding tert-OH is 1. The summed E-state index contributed by atoms with van der Waals surface area (Å²) in [4.78, 5) is 51.4. The van der Waals surface area contributed by atoms with Crippen LogP contribution in [0.1, 0.15) is 40.5 Å². The summed E-state index contributed by atoms with van der Waals surface area (Å²) in [6, 6.07) is 15.7. The van der Waals surface area contributed by atoms with Gasteiger partial charge in [0.05, 0.1) is 30.1 Å². The van der Waals surface area contributed by atoms with E-state index in [9.17, 15) is 19.5 Å². The Morgan fingerprint density at radius 2 is 1.44 bits per heavy atom. The molecule has 6 atom stereocenters. The van der Waals surface area contributed by atoms with E-state index in [0.29, 0.717) is 31.6 Å². The van der Waals surface area contributed by atoms with Gasteiger partial charge in [0, 0.05) is 43.2 Å². The number of hydrogen-bond acceptors (Lipinski definition) is 6. The minimum absolute atomic E-state index is 0.199. The van der Waals surface area contributed by atoms with Gasteiger partial charge in [0.2, 0.25) is 11.8 Å². The van der Waals surface area contributed by atoms with Crippen molar-refractivity contribution in [3.63, 3.8) is 0 Å². The maximum absolute atomic E-state index is 14.8. The van der Waals surface area contributed by atoms with E-state index in [2.05, 4.69) is 18.7 Å². The van der Waals surface area contributed by atoms with Gasteiger partial charge in [-0.25, -0.2) is 0 Å². The SMILES string of the molecule is CC[C@@H](CO)N1C(=O)[C@@H]2[C@H]3C(=O)N(c4ccccc4)CC=C[C@@]3(CC)O[C@@]23C=CCN(c2ccc(N(CC)CC)cc2)C(=O)C13. The molecule has 4 aliphatic rings. The summed E-state index contributed by atoms with van der Waals surface area (Å²) < 4.78 is 7.09. The molecule has 0 saturated carbocycles. The van der Waals surface area contributed by atoms with Gasteiger partial charge in [-0.05, 0) is 63.1 Å². The van der Waals surface area contributed by atoms with Crippen molar-refractivity contribution in [1.82, 2.24) is 4.90 Å².